The third-order valence-electron chi connectivity index (χ3n) is 6.37. The van der Waals surface area contributed by atoms with Crippen molar-refractivity contribution in [1.82, 2.24) is 20.7 Å². The molecule has 1 aromatic carbocycles. The van der Waals surface area contributed by atoms with Crippen LogP contribution < -0.4 is 16.2 Å². The van der Waals surface area contributed by atoms with E-state index in [1.54, 1.807) is 24.3 Å². The lowest BCUT2D eigenvalue weighted by atomic mass is 9.87. The quantitative estimate of drug-likeness (QED) is 0.453. The second-order valence-corrected chi connectivity index (χ2v) is 10.1. The van der Waals surface area contributed by atoms with Gasteiger partial charge in [0.1, 0.15) is 17.8 Å². The normalized spacial score (nSPS) is 23.3. The summed E-state index contributed by atoms with van der Waals surface area (Å²) < 4.78 is 29.5. The number of likely N-dealkylation sites (tertiary alicyclic amines) is 1. The van der Waals surface area contributed by atoms with Gasteiger partial charge < -0.3 is 10.7 Å². The SMILES string of the molecule is CSc1cc(NC2C=C(C)NN2)nc(CC2CCN(Cc3cccc(Cl)c3F)[C@H](C)C2)c1F. The maximum atomic E-state index is 15.1. The summed E-state index contributed by atoms with van der Waals surface area (Å²) in [5.41, 5.74) is 8.30. The van der Waals surface area contributed by atoms with Crippen LogP contribution in [-0.2, 0) is 13.0 Å². The summed E-state index contributed by atoms with van der Waals surface area (Å²) >= 11 is 7.33. The number of halogens is 3. The molecule has 0 saturated carbocycles. The molecule has 9 heteroatoms. The highest BCUT2D eigenvalue weighted by Gasteiger charge is 2.28. The predicted molar refractivity (Wildman–Crippen MR) is 131 cm³/mol. The zero-order valence-electron chi connectivity index (χ0n) is 19.1. The van der Waals surface area contributed by atoms with Crippen molar-refractivity contribution in [3.63, 3.8) is 0 Å². The minimum absolute atomic E-state index is 0.0966. The van der Waals surface area contributed by atoms with Crippen molar-refractivity contribution < 1.29 is 8.78 Å². The van der Waals surface area contributed by atoms with Gasteiger partial charge in [-0.05, 0) is 70.0 Å². The number of hydrogen-bond acceptors (Lipinski definition) is 6. The Balaban J connectivity index is 1.42. The van der Waals surface area contributed by atoms with Crippen LogP contribution in [0.25, 0.3) is 0 Å². The minimum Gasteiger partial charge on any atom is -0.350 e. The lowest BCUT2D eigenvalue weighted by Crippen LogP contribution is -2.41. The van der Waals surface area contributed by atoms with Crippen molar-refractivity contribution in [2.45, 2.75) is 56.8 Å². The van der Waals surface area contributed by atoms with Crippen LogP contribution in [0.15, 0.2) is 40.9 Å². The summed E-state index contributed by atoms with van der Waals surface area (Å²) in [5.74, 6) is 0.405. The highest BCUT2D eigenvalue weighted by Crippen LogP contribution is 2.31. The van der Waals surface area contributed by atoms with Gasteiger partial charge in [-0.2, -0.15) is 0 Å². The first-order valence-corrected chi connectivity index (χ1v) is 12.8. The van der Waals surface area contributed by atoms with Crippen molar-refractivity contribution in [3.05, 3.63) is 64.0 Å². The molecule has 2 aromatic rings. The van der Waals surface area contributed by atoms with Crippen molar-refractivity contribution in [1.29, 1.82) is 0 Å². The van der Waals surface area contributed by atoms with Crippen LogP contribution in [0.4, 0.5) is 14.6 Å². The predicted octanol–water partition coefficient (Wildman–Crippen LogP) is 5.33. The Labute approximate surface area is 203 Å². The van der Waals surface area contributed by atoms with Gasteiger partial charge in [-0.25, -0.2) is 19.2 Å². The van der Waals surface area contributed by atoms with Crippen molar-refractivity contribution >= 4 is 29.2 Å². The Kier molecular flexibility index (Phi) is 7.79. The van der Waals surface area contributed by atoms with Gasteiger partial charge in [0.2, 0.25) is 0 Å². The molecular formula is C24H30ClF2N5S. The Morgan fingerprint density at radius 3 is 2.82 bits per heavy atom. The van der Waals surface area contributed by atoms with Crippen molar-refractivity contribution in [3.8, 4) is 0 Å². The first kappa shape index (κ1) is 24.3. The number of piperidine rings is 1. The standard InChI is InChI=1S/C24H30ClF2N5S/c1-14-9-22(31-30-14)29-21-12-20(33-3)24(27)19(28-21)11-16-7-8-32(15(2)10-16)13-17-5-4-6-18(25)23(17)26/h4-6,9,12,15-16,22,30-31H,7-8,10-11,13H2,1-3H3,(H,28,29)/t15-,16?,22?/m1/s1. The smallest absolute Gasteiger partial charge is 0.158 e. The maximum Gasteiger partial charge on any atom is 0.158 e. The number of anilines is 1. The topological polar surface area (TPSA) is 52.2 Å². The van der Waals surface area contributed by atoms with Crippen LogP contribution >= 0.6 is 23.4 Å². The number of aromatic nitrogens is 1. The molecule has 3 atom stereocenters. The monoisotopic (exact) mass is 493 g/mol. The van der Waals surface area contributed by atoms with Crippen molar-refractivity contribution in [2.75, 3.05) is 18.1 Å². The summed E-state index contributed by atoms with van der Waals surface area (Å²) in [5, 5.41) is 3.46. The lowest BCUT2D eigenvalue weighted by Gasteiger charge is -2.38. The van der Waals surface area contributed by atoms with E-state index in [0.29, 0.717) is 40.9 Å². The third kappa shape index (κ3) is 5.80. The number of rotatable bonds is 7. The molecule has 2 aliphatic heterocycles. The number of benzene rings is 1. The first-order chi connectivity index (χ1) is 15.8. The lowest BCUT2D eigenvalue weighted by molar-refractivity contribution is 0.113. The van der Waals surface area contributed by atoms with Gasteiger partial charge in [-0.3, -0.25) is 4.90 Å². The molecule has 5 nitrogen and oxygen atoms in total. The first-order valence-electron chi connectivity index (χ1n) is 11.2. The van der Waals surface area contributed by atoms with Gasteiger partial charge in [0.25, 0.3) is 0 Å². The van der Waals surface area contributed by atoms with Gasteiger partial charge in [-0.15, -0.1) is 11.8 Å². The molecule has 0 spiro atoms. The van der Waals surface area contributed by atoms with E-state index >= 15 is 4.39 Å². The van der Waals surface area contributed by atoms with Crippen LogP contribution in [0, 0.1) is 17.6 Å². The Morgan fingerprint density at radius 2 is 2.12 bits per heavy atom. The minimum atomic E-state index is -0.342. The molecule has 1 fully saturated rings. The molecule has 1 aromatic heterocycles. The molecule has 2 unspecified atom stereocenters. The van der Waals surface area contributed by atoms with E-state index in [4.69, 9.17) is 11.6 Å². The number of thioether (sulfide) groups is 1. The molecule has 4 rings (SSSR count). The molecule has 3 heterocycles. The van der Waals surface area contributed by atoms with E-state index in [9.17, 15) is 4.39 Å². The van der Waals surface area contributed by atoms with Gasteiger partial charge in [0, 0.05) is 28.7 Å². The molecule has 0 amide bonds. The molecule has 0 aliphatic carbocycles. The van der Waals surface area contributed by atoms with Gasteiger partial charge in [0.05, 0.1) is 10.7 Å². The average molecular weight is 494 g/mol. The van der Waals surface area contributed by atoms with Crippen molar-refractivity contribution in [2.24, 2.45) is 5.92 Å². The Bertz CT molecular complexity index is 1030. The van der Waals surface area contributed by atoms with E-state index in [-0.39, 0.29) is 28.9 Å². The fourth-order valence-electron chi connectivity index (χ4n) is 4.58. The van der Waals surface area contributed by atoms with Gasteiger partial charge >= 0.3 is 0 Å². The van der Waals surface area contributed by atoms with E-state index in [2.05, 4.69) is 33.0 Å². The Morgan fingerprint density at radius 1 is 1.30 bits per heavy atom. The molecule has 178 valence electrons. The molecule has 1 saturated heterocycles. The molecule has 0 bridgehead atoms. The van der Waals surface area contributed by atoms with Crippen LogP contribution in [0.3, 0.4) is 0 Å². The number of hydrazine groups is 1. The fourth-order valence-corrected chi connectivity index (χ4v) is 5.30. The molecular weight excluding hydrogens is 464 g/mol. The second kappa shape index (κ2) is 10.6. The average Bonchev–Trinajstić information content (AvgIpc) is 3.19. The van der Waals surface area contributed by atoms with Crippen LogP contribution in [0.2, 0.25) is 5.02 Å². The summed E-state index contributed by atoms with van der Waals surface area (Å²) in [7, 11) is 0. The zero-order valence-corrected chi connectivity index (χ0v) is 20.7. The zero-order chi connectivity index (χ0) is 23.5. The molecule has 0 radical (unpaired) electrons. The summed E-state index contributed by atoms with van der Waals surface area (Å²) in [4.78, 5) is 7.49. The van der Waals surface area contributed by atoms with E-state index in [1.807, 2.05) is 19.3 Å². The molecule has 3 N–H and O–H groups in total. The molecule has 2 aliphatic rings. The number of allylic oxidation sites excluding steroid dienone is 1. The number of hydrogen-bond donors (Lipinski definition) is 3. The largest absolute Gasteiger partial charge is 0.350 e. The summed E-state index contributed by atoms with van der Waals surface area (Å²) in [6.07, 6.45) is 6.20. The third-order valence-corrected chi connectivity index (χ3v) is 7.40. The van der Waals surface area contributed by atoms with E-state index in [1.165, 1.54) is 11.8 Å². The maximum absolute atomic E-state index is 15.1. The van der Waals surface area contributed by atoms with Crippen LogP contribution in [0.5, 0.6) is 0 Å². The van der Waals surface area contributed by atoms with Gasteiger partial charge in [-0.1, -0.05) is 23.7 Å². The van der Waals surface area contributed by atoms with Crippen LogP contribution in [0.1, 0.15) is 37.9 Å². The van der Waals surface area contributed by atoms with Gasteiger partial charge in [0.15, 0.2) is 5.82 Å². The van der Waals surface area contributed by atoms with Crippen LogP contribution in [-0.4, -0.2) is 34.9 Å². The highest BCUT2D eigenvalue weighted by molar-refractivity contribution is 7.98. The fraction of sp³-hybridized carbons (Fsp3) is 0.458. The second-order valence-electron chi connectivity index (χ2n) is 8.84. The molecule has 33 heavy (non-hydrogen) atoms. The summed E-state index contributed by atoms with van der Waals surface area (Å²) in [6, 6.07) is 7.16. The van der Waals surface area contributed by atoms with E-state index in [0.717, 1.165) is 25.1 Å². The number of pyridine rings is 1. The van der Waals surface area contributed by atoms with E-state index < -0.39 is 0 Å². The summed E-state index contributed by atoms with van der Waals surface area (Å²) in [6.45, 7) is 5.48. The Hall–Kier alpha value is -1.87. The number of nitrogens with one attached hydrogen (secondary N) is 3. The number of nitrogens with zero attached hydrogens (tertiary/aromatic N) is 2. The highest BCUT2D eigenvalue weighted by atomic mass is 35.5.